The second-order valence-electron chi connectivity index (χ2n) is 3.95. The third kappa shape index (κ3) is 1.57. The summed E-state index contributed by atoms with van der Waals surface area (Å²) in [5, 5.41) is 12.8. The SMILES string of the molecule is O[C@@H]1CNC2CCCC[C@H]2C1. The number of piperidine rings is 1. The summed E-state index contributed by atoms with van der Waals surface area (Å²) in [6.07, 6.45) is 6.37. The second kappa shape index (κ2) is 3.11. The van der Waals surface area contributed by atoms with E-state index in [0.717, 1.165) is 24.9 Å². The standard InChI is InChI=1S/C9H17NO/c11-8-5-7-3-1-2-4-9(7)10-6-8/h7-11H,1-6H2/t7-,8-,9?/m0/s1. The summed E-state index contributed by atoms with van der Waals surface area (Å²) in [6, 6.07) is 0.729. The van der Waals surface area contributed by atoms with Crippen molar-refractivity contribution in [3.05, 3.63) is 0 Å². The maximum Gasteiger partial charge on any atom is 0.0667 e. The summed E-state index contributed by atoms with van der Waals surface area (Å²) in [4.78, 5) is 0. The van der Waals surface area contributed by atoms with Gasteiger partial charge in [-0.2, -0.15) is 0 Å². The minimum Gasteiger partial charge on any atom is -0.392 e. The van der Waals surface area contributed by atoms with Gasteiger partial charge in [0, 0.05) is 12.6 Å². The number of aliphatic hydroxyl groups excluding tert-OH is 1. The van der Waals surface area contributed by atoms with Crippen LogP contribution in [0, 0.1) is 5.92 Å². The highest BCUT2D eigenvalue weighted by Gasteiger charge is 2.30. The molecule has 0 aromatic rings. The van der Waals surface area contributed by atoms with E-state index in [4.69, 9.17) is 0 Å². The van der Waals surface area contributed by atoms with E-state index in [1.54, 1.807) is 0 Å². The molecule has 1 saturated heterocycles. The van der Waals surface area contributed by atoms with Gasteiger partial charge in [0.25, 0.3) is 0 Å². The Morgan fingerprint density at radius 2 is 2.00 bits per heavy atom. The van der Waals surface area contributed by atoms with Crippen molar-refractivity contribution in [1.82, 2.24) is 5.32 Å². The molecule has 0 amide bonds. The van der Waals surface area contributed by atoms with Crippen molar-refractivity contribution in [1.29, 1.82) is 0 Å². The molecular formula is C9H17NO. The van der Waals surface area contributed by atoms with Crippen LogP contribution >= 0.6 is 0 Å². The van der Waals surface area contributed by atoms with Gasteiger partial charge in [-0.3, -0.25) is 0 Å². The first-order valence-electron chi connectivity index (χ1n) is 4.78. The molecule has 2 heteroatoms. The summed E-state index contributed by atoms with van der Waals surface area (Å²) < 4.78 is 0. The van der Waals surface area contributed by atoms with Gasteiger partial charge in [-0.1, -0.05) is 12.8 Å². The smallest absolute Gasteiger partial charge is 0.0667 e. The lowest BCUT2D eigenvalue weighted by Gasteiger charge is -2.38. The lowest BCUT2D eigenvalue weighted by Crippen LogP contribution is -2.48. The number of fused-ring (bicyclic) bond motifs is 1. The topological polar surface area (TPSA) is 32.3 Å². The fraction of sp³-hybridized carbons (Fsp3) is 1.00. The molecule has 2 nitrogen and oxygen atoms in total. The Morgan fingerprint density at radius 1 is 1.18 bits per heavy atom. The number of nitrogens with one attached hydrogen (secondary N) is 1. The molecule has 2 N–H and O–H groups in total. The summed E-state index contributed by atoms with van der Waals surface area (Å²) in [5.74, 6) is 0.771. The van der Waals surface area contributed by atoms with Gasteiger partial charge in [0.15, 0.2) is 0 Å². The molecule has 1 heterocycles. The van der Waals surface area contributed by atoms with Crippen LogP contribution in [0.1, 0.15) is 32.1 Å². The molecule has 2 aliphatic rings. The van der Waals surface area contributed by atoms with Crippen LogP contribution in [0.25, 0.3) is 0 Å². The van der Waals surface area contributed by atoms with Crippen LogP contribution in [-0.4, -0.2) is 23.8 Å². The first kappa shape index (κ1) is 7.56. The Morgan fingerprint density at radius 3 is 2.91 bits per heavy atom. The highest BCUT2D eigenvalue weighted by atomic mass is 16.3. The summed E-state index contributed by atoms with van der Waals surface area (Å²) in [5.41, 5.74) is 0. The molecule has 1 aliphatic carbocycles. The van der Waals surface area contributed by atoms with Crippen molar-refractivity contribution in [2.45, 2.75) is 44.2 Å². The van der Waals surface area contributed by atoms with Gasteiger partial charge in [-0.15, -0.1) is 0 Å². The number of aliphatic hydroxyl groups is 1. The van der Waals surface area contributed by atoms with Gasteiger partial charge in [0.05, 0.1) is 6.10 Å². The lowest BCUT2D eigenvalue weighted by atomic mass is 9.79. The zero-order valence-corrected chi connectivity index (χ0v) is 6.92. The Balaban J connectivity index is 1.93. The predicted octanol–water partition coefficient (Wildman–Crippen LogP) is 0.899. The highest BCUT2D eigenvalue weighted by molar-refractivity contribution is 4.87. The van der Waals surface area contributed by atoms with Gasteiger partial charge in [0.2, 0.25) is 0 Å². The Hall–Kier alpha value is -0.0800. The zero-order chi connectivity index (χ0) is 7.68. The lowest BCUT2D eigenvalue weighted by molar-refractivity contribution is 0.0728. The molecule has 2 fully saturated rings. The number of hydrogen-bond donors (Lipinski definition) is 2. The van der Waals surface area contributed by atoms with E-state index in [-0.39, 0.29) is 6.10 Å². The number of hydrogen-bond acceptors (Lipinski definition) is 2. The van der Waals surface area contributed by atoms with Crippen LogP contribution in [0.2, 0.25) is 0 Å². The molecule has 0 aromatic carbocycles. The predicted molar refractivity (Wildman–Crippen MR) is 44.4 cm³/mol. The molecule has 0 radical (unpaired) electrons. The molecular weight excluding hydrogens is 138 g/mol. The van der Waals surface area contributed by atoms with Crippen LogP contribution in [-0.2, 0) is 0 Å². The zero-order valence-electron chi connectivity index (χ0n) is 6.92. The van der Waals surface area contributed by atoms with Gasteiger partial charge in [-0.05, 0) is 25.2 Å². The van der Waals surface area contributed by atoms with Crippen molar-refractivity contribution in [3.63, 3.8) is 0 Å². The highest BCUT2D eigenvalue weighted by Crippen LogP contribution is 2.30. The van der Waals surface area contributed by atoms with Crippen molar-refractivity contribution in [2.24, 2.45) is 5.92 Å². The van der Waals surface area contributed by atoms with E-state index >= 15 is 0 Å². The quantitative estimate of drug-likeness (QED) is 0.544. The fourth-order valence-electron chi connectivity index (χ4n) is 2.48. The molecule has 0 aromatic heterocycles. The third-order valence-electron chi connectivity index (χ3n) is 3.10. The minimum absolute atomic E-state index is 0.0747. The number of rotatable bonds is 0. The van der Waals surface area contributed by atoms with Crippen LogP contribution in [0.3, 0.4) is 0 Å². The molecule has 1 unspecified atom stereocenters. The summed E-state index contributed by atoms with van der Waals surface area (Å²) in [7, 11) is 0. The van der Waals surface area contributed by atoms with Crippen molar-refractivity contribution >= 4 is 0 Å². The Kier molecular flexibility index (Phi) is 2.14. The van der Waals surface area contributed by atoms with Gasteiger partial charge in [-0.25, -0.2) is 0 Å². The summed E-state index contributed by atoms with van der Waals surface area (Å²) >= 11 is 0. The van der Waals surface area contributed by atoms with Gasteiger partial charge >= 0.3 is 0 Å². The molecule has 1 saturated carbocycles. The second-order valence-corrected chi connectivity index (χ2v) is 3.95. The molecule has 0 spiro atoms. The molecule has 1 aliphatic heterocycles. The minimum atomic E-state index is -0.0747. The Labute approximate surface area is 68.0 Å². The van der Waals surface area contributed by atoms with Crippen LogP contribution in [0.5, 0.6) is 0 Å². The average molecular weight is 155 g/mol. The normalized spacial score (nSPS) is 45.0. The summed E-state index contributed by atoms with van der Waals surface area (Å²) in [6.45, 7) is 0.821. The molecule has 64 valence electrons. The molecule has 11 heavy (non-hydrogen) atoms. The van der Waals surface area contributed by atoms with E-state index in [2.05, 4.69) is 5.32 Å². The van der Waals surface area contributed by atoms with Crippen LogP contribution < -0.4 is 5.32 Å². The van der Waals surface area contributed by atoms with Crippen LogP contribution in [0.15, 0.2) is 0 Å². The average Bonchev–Trinajstić information content (AvgIpc) is 2.04. The maximum atomic E-state index is 9.39. The van der Waals surface area contributed by atoms with Gasteiger partial charge in [0.1, 0.15) is 0 Å². The third-order valence-corrected chi connectivity index (χ3v) is 3.10. The van der Waals surface area contributed by atoms with Crippen molar-refractivity contribution in [3.8, 4) is 0 Å². The first-order chi connectivity index (χ1) is 5.36. The van der Waals surface area contributed by atoms with E-state index in [9.17, 15) is 5.11 Å². The first-order valence-corrected chi connectivity index (χ1v) is 4.78. The largest absolute Gasteiger partial charge is 0.392 e. The monoisotopic (exact) mass is 155 g/mol. The molecule has 2 rings (SSSR count). The van der Waals surface area contributed by atoms with Gasteiger partial charge < -0.3 is 10.4 Å². The fourth-order valence-corrected chi connectivity index (χ4v) is 2.48. The van der Waals surface area contributed by atoms with Crippen molar-refractivity contribution < 1.29 is 5.11 Å². The number of β-amino-alcohol motifs (C(OH)–C–C–N with tert-alkyl or cyclic N) is 1. The van der Waals surface area contributed by atoms with E-state index in [1.807, 2.05) is 0 Å². The van der Waals surface area contributed by atoms with Crippen molar-refractivity contribution in [2.75, 3.05) is 6.54 Å². The van der Waals surface area contributed by atoms with E-state index in [1.165, 1.54) is 25.7 Å². The maximum absolute atomic E-state index is 9.39. The van der Waals surface area contributed by atoms with E-state index < -0.39 is 0 Å². The van der Waals surface area contributed by atoms with Crippen LogP contribution in [0.4, 0.5) is 0 Å². The Bertz CT molecular complexity index is 138. The molecule has 0 bridgehead atoms. The van der Waals surface area contributed by atoms with E-state index in [0.29, 0.717) is 0 Å². The molecule has 3 atom stereocenters.